The molecule has 0 bridgehead atoms. The van der Waals surface area contributed by atoms with Gasteiger partial charge in [0.05, 0.1) is 0 Å². The number of hydrogen-bond donors (Lipinski definition) is 2. The van der Waals surface area contributed by atoms with Gasteiger partial charge < -0.3 is 15.3 Å². The molecule has 2 N–H and O–H groups in total. The van der Waals surface area contributed by atoms with Crippen molar-refractivity contribution in [2.45, 2.75) is 45.6 Å². The highest BCUT2D eigenvalue weighted by atomic mass is 16.4. The van der Waals surface area contributed by atoms with Gasteiger partial charge in [0, 0.05) is 31.4 Å². The van der Waals surface area contributed by atoms with Gasteiger partial charge in [-0.25, -0.2) is 9.97 Å². The lowest BCUT2D eigenvalue weighted by Crippen LogP contribution is -2.42. The Kier molecular flexibility index (Phi) is 4.04. The highest BCUT2D eigenvalue weighted by molar-refractivity contribution is 5.74. The first-order valence-electron chi connectivity index (χ1n) is 8.07. The molecule has 22 heavy (non-hydrogen) atoms. The minimum Gasteiger partial charge on any atom is -0.480 e. The second kappa shape index (κ2) is 5.83. The number of nitrogens with one attached hydrogen (secondary N) is 1. The first-order valence-corrected chi connectivity index (χ1v) is 8.07. The van der Waals surface area contributed by atoms with Crippen molar-refractivity contribution in [1.29, 1.82) is 0 Å². The SMILES string of the molecule is CCc1cnc(C)nc1N1CCC2(CC1)CN[C@H](C(=O)O)C2. The van der Waals surface area contributed by atoms with E-state index in [2.05, 4.69) is 27.1 Å². The standard InChI is InChI=1S/C16H24N4O2/c1-3-12-9-17-11(2)19-14(12)20-6-4-16(5-7-20)8-13(15(21)22)18-10-16/h9,13,18H,3-8,10H2,1-2H3,(H,21,22)/t13-/m0/s1. The smallest absolute Gasteiger partial charge is 0.320 e. The van der Waals surface area contributed by atoms with Crippen LogP contribution in [0, 0.1) is 12.3 Å². The third-order valence-corrected chi connectivity index (χ3v) is 5.13. The normalized spacial score (nSPS) is 23.9. The lowest BCUT2D eigenvalue weighted by molar-refractivity contribution is -0.139. The molecule has 0 unspecified atom stereocenters. The summed E-state index contributed by atoms with van der Waals surface area (Å²) in [6, 6.07) is -0.376. The van der Waals surface area contributed by atoms with Gasteiger partial charge in [0.15, 0.2) is 0 Å². The van der Waals surface area contributed by atoms with Crippen molar-refractivity contribution in [1.82, 2.24) is 15.3 Å². The van der Waals surface area contributed by atoms with E-state index >= 15 is 0 Å². The molecule has 0 aromatic carbocycles. The van der Waals surface area contributed by atoms with Gasteiger partial charge in [-0.1, -0.05) is 6.92 Å². The monoisotopic (exact) mass is 304 g/mol. The molecule has 1 atom stereocenters. The summed E-state index contributed by atoms with van der Waals surface area (Å²) in [5.41, 5.74) is 1.34. The Labute approximate surface area is 131 Å². The lowest BCUT2D eigenvalue weighted by atomic mass is 9.76. The van der Waals surface area contributed by atoms with Crippen molar-refractivity contribution >= 4 is 11.8 Å². The molecule has 2 aliphatic heterocycles. The maximum absolute atomic E-state index is 11.1. The van der Waals surface area contributed by atoms with Crippen LogP contribution < -0.4 is 10.2 Å². The van der Waals surface area contributed by atoms with E-state index in [1.165, 1.54) is 5.56 Å². The zero-order valence-corrected chi connectivity index (χ0v) is 13.3. The topological polar surface area (TPSA) is 78.4 Å². The number of aryl methyl sites for hydroxylation is 2. The number of carboxylic acid groups (broad SMARTS) is 1. The summed E-state index contributed by atoms with van der Waals surface area (Å²) in [7, 11) is 0. The van der Waals surface area contributed by atoms with E-state index in [1.54, 1.807) is 0 Å². The molecular formula is C16H24N4O2. The van der Waals surface area contributed by atoms with Crippen LogP contribution in [0.5, 0.6) is 0 Å². The summed E-state index contributed by atoms with van der Waals surface area (Å²) in [4.78, 5) is 22.4. The molecule has 120 valence electrons. The lowest BCUT2D eigenvalue weighted by Gasteiger charge is -2.40. The van der Waals surface area contributed by atoms with Crippen molar-refractivity contribution in [2.75, 3.05) is 24.5 Å². The predicted molar refractivity (Wildman–Crippen MR) is 84.1 cm³/mol. The van der Waals surface area contributed by atoms with Crippen LogP contribution in [-0.4, -0.2) is 46.7 Å². The number of anilines is 1. The van der Waals surface area contributed by atoms with E-state index in [0.717, 1.165) is 57.0 Å². The van der Waals surface area contributed by atoms with Crippen molar-refractivity contribution < 1.29 is 9.90 Å². The molecule has 0 aliphatic carbocycles. The predicted octanol–water partition coefficient (Wildman–Crippen LogP) is 1.38. The van der Waals surface area contributed by atoms with Gasteiger partial charge in [0.25, 0.3) is 0 Å². The van der Waals surface area contributed by atoms with E-state index in [1.807, 2.05) is 13.1 Å². The zero-order chi connectivity index (χ0) is 15.7. The molecule has 2 fully saturated rings. The molecular weight excluding hydrogens is 280 g/mol. The van der Waals surface area contributed by atoms with Gasteiger partial charge in [0.1, 0.15) is 17.7 Å². The average Bonchev–Trinajstić information content (AvgIpc) is 2.92. The number of piperidine rings is 1. The number of rotatable bonds is 3. The van der Waals surface area contributed by atoms with Gasteiger partial charge >= 0.3 is 5.97 Å². The Hall–Kier alpha value is -1.69. The van der Waals surface area contributed by atoms with Crippen molar-refractivity contribution in [3.05, 3.63) is 17.6 Å². The molecule has 3 heterocycles. The fourth-order valence-corrected chi connectivity index (χ4v) is 3.67. The minimum atomic E-state index is -0.723. The molecule has 1 aromatic heterocycles. The number of nitrogens with zero attached hydrogens (tertiary/aromatic N) is 3. The Balaban J connectivity index is 1.70. The summed E-state index contributed by atoms with van der Waals surface area (Å²) >= 11 is 0. The maximum atomic E-state index is 11.1. The maximum Gasteiger partial charge on any atom is 0.320 e. The summed E-state index contributed by atoms with van der Waals surface area (Å²) < 4.78 is 0. The van der Waals surface area contributed by atoms with E-state index in [9.17, 15) is 4.79 Å². The van der Waals surface area contributed by atoms with Crippen LogP contribution in [0.2, 0.25) is 0 Å². The zero-order valence-electron chi connectivity index (χ0n) is 13.3. The fraction of sp³-hybridized carbons (Fsp3) is 0.688. The van der Waals surface area contributed by atoms with Crippen LogP contribution in [0.4, 0.5) is 5.82 Å². The summed E-state index contributed by atoms with van der Waals surface area (Å²) in [6.07, 6.45) is 5.66. The quantitative estimate of drug-likeness (QED) is 0.878. The third-order valence-electron chi connectivity index (χ3n) is 5.13. The first kappa shape index (κ1) is 15.2. The molecule has 2 aliphatic rings. The molecule has 1 spiro atoms. The number of carbonyl (C=O) groups is 1. The van der Waals surface area contributed by atoms with Crippen LogP contribution in [0.25, 0.3) is 0 Å². The summed E-state index contributed by atoms with van der Waals surface area (Å²) in [5, 5.41) is 12.3. The number of aliphatic carboxylic acids is 1. The largest absolute Gasteiger partial charge is 0.480 e. The average molecular weight is 304 g/mol. The Bertz CT molecular complexity index is 567. The number of hydrogen-bond acceptors (Lipinski definition) is 5. The molecule has 6 heteroatoms. The van der Waals surface area contributed by atoms with Crippen LogP contribution in [0.15, 0.2) is 6.20 Å². The van der Waals surface area contributed by atoms with Gasteiger partial charge in [-0.05, 0) is 38.0 Å². The van der Waals surface area contributed by atoms with Crippen molar-refractivity contribution in [2.24, 2.45) is 5.41 Å². The highest BCUT2D eigenvalue weighted by Crippen LogP contribution is 2.40. The molecule has 0 amide bonds. The van der Waals surface area contributed by atoms with Crippen molar-refractivity contribution in [3.63, 3.8) is 0 Å². The Morgan fingerprint density at radius 3 is 2.82 bits per heavy atom. The van der Waals surface area contributed by atoms with Crippen LogP contribution in [0.3, 0.4) is 0 Å². The molecule has 1 aromatic rings. The summed E-state index contributed by atoms with van der Waals surface area (Å²) in [6.45, 7) is 6.75. The number of carboxylic acids is 1. The van der Waals surface area contributed by atoms with Crippen LogP contribution >= 0.6 is 0 Å². The van der Waals surface area contributed by atoms with Gasteiger partial charge in [-0.2, -0.15) is 0 Å². The van der Waals surface area contributed by atoms with Crippen molar-refractivity contribution in [3.8, 4) is 0 Å². The van der Waals surface area contributed by atoms with Gasteiger partial charge in [-0.15, -0.1) is 0 Å². The van der Waals surface area contributed by atoms with Gasteiger partial charge in [0.2, 0.25) is 0 Å². The van der Waals surface area contributed by atoms with E-state index in [4.69, 9.17) is 5.11 Å². The second-order valence-electron chi connectivity index (χ2n) is 6.58. The Morgan fingerprint density at radius 1 is 1.50 bits per heavy atom. The molecule has 0 radical (unpaired) electrons. The molecule has 2 saturated heterocycles. The number of aromatic nitrogens is 2. The third kappa shape index (κ3) is 2.79. The first-order chi connectivity index (χ1) is 10.5. The molecule has 6 nitrogen and oxygen atoms in total. The second-order valence-corrected chi connectivity index (χ2v) is 6.58. The van der Waals surface area contributed by atoms with Gasteiger partial charge in [-0.3, -0.25) is 4.79 Å². The fourth-order valence-electron chi connectivity index (χ4n) is 3.67. The molecule has 0 saturated carbocycles. The minimum absolute atomic E-state index is 0.147. The molecule has 3 rings (SSSR count). The van der Waals surface area contributed by atoms with E-state index in [-0.39, 0.29) is 11.5 Å². The summed E-state index contributed by atoms with van der Waals surface area (Å²) in [5.74, 6) is 1.14. The van der Waals surface area contributed by atoms with Crippen LogP contribution in [-0.2, 0) is 11.2 Å². The van der Waals surface area contributed by atoms with E-state index < -0.39 is 5.97 Å². The van der Waals surface area contributed by atoms with E-state index in [0.29, 0.717) is 0 Å². The Morgan fingerprint density at radius 2 is 2.23 bits per heavy atom. The highest BCUT2D eigenvalue weighted by Gasteiger charge is 2.43. The van der Waals surface area contributed by atoms with Crippen LogP contribution in [0.1, 0.15) is 37.6 Å².